The van der Waals surface area contributed by atoms with Gasteiger partial charge in [0, 0.05) is 25.2 Å². The molecule has 0 aliphatic heterocycles. The molecule has 1 atom stereocenters. The number of hydrogen-bond acceptors (Lipinski definition) is 2. The minimum Gasteiger partial charge on any atom is -0.313 e. The van der Waals surface area contributed by atoms with E-state index in [1.165, 1.54) is 49.9 Å². The van der Waals surface area contributed by atoms with Gasteiger partial charge in [-0.15, -0.1) is 0 Å². The molecule has 0 bridgehead atoms. The molecule has 1 aromatic heterocycles. The molecular formula is C18H33N3. The van der Waals surface area contributed by atoms with E-state index in [4.69, 9.17) is 0 Å². The van der Waals surface area contributed by atoms with Gasteiger partial charge in [-0.3, -0.25) is 4.68 Å². The van der Waals surface area contributed by atoms with Gasteiger partial charge in [-0.1, -0.05) is 33.6 Å². The van der Waals surface area contributed by atoms with Gasteiger partial charge < -0.3 is 5.32 Å². The van der Waals surface area contributed by atoms with Gasteiger partial charge in [0.2, 0.25) is 0 Å². The monoisotopic (exact) mass is 291 g/mol. The van der Waals surface area contributed by atoms with Crippen LogP contribution in [0, 0.1) is 5.41 Å². The number of nitrogens with zero attached hydrogens (tertiary/aromatic N) is 2. The fraction of sp³-hybridized carbons (Fsp3) is 0.833. The lowest BCUT2D eigenvalue weighted by Crippen LogP contribution is -2.45. The standard InChI is InChI=1S/C18H33N3/c1-5-12-19-17(18(7-3)10-8-9-11-18)14-16-13-15(6-2)20-21(16)4/h13,17,19H,5-12,14H2,1-4H3. The molecule has 1 heterocycles. The molecule has 120 valence electrons. The fourth-order valence-corrected chi connectivity index (χ4v) is 4.00. The van der Waals surface area contributed by atoms with Crippen LogP contribution in [0.1, 0.15) is 70.7 Å². The van der Waals surface area contributed by atoms with E-state index in [0.29, 0.717) is 11.5 Å². The average molecular weight is 291 g/mol. The second kappa shape index (κ2) is 7.44. The van der Waals surface area contributed by atoms with Crippen LogP contribution < -0.4 is 5.32 Å². The summed E-state index contributed by atoms with van der Waals surface area (Å²) in [6.07, 6.45) is 10.3. The van der Waals surface area contributed by atoms with Crippen molar-refractivity contribution in [2.24, 2.45) is 12.5 Å². The maximum Gasteiger partial charge on any atom is 0.0624 e. The van der Waals surface area contributed by atoms with E-state index in [0.717, 1.165) is 19.4 Å². The molecule has 1 aliphatic rings. The second-order valence-corrected chi connectivity index (χ2v) is 6.74. The fourth-order valence-electron chi connectivity index (χ4n) is 4.00. The largest absolute Gasteiger partial charge is 0.313 e. The summed E-state index contributed by atoms with van der Waals surface area (Å²) >= 11 is 0. The van der Waals surface area contributed by atoms with Crippen LogP contribution in [0.3, 0.4) is 0 Å². The topological polar surface area (TPSA) is 29.9 Å². The highest BCUT2D eigenvalue weighted by atomic mass is 15.3. The van der Waals surface area contributed by atoms with Crippen LogP contribution in [0.25, 0.3) is 0 Å². The second-order valence-electron chi connectivity index (χ2n) is 6.74. The summed E-state index contributed by atoms with van der Waals surface area (Å²) in [5.74, 6) is 0. The van der Waals surface area contributed by atoms with E-state index in [9.17, 15) is 0 Å². The van der Waals surface area contributed by atoms with Crippen LogP contribution in [-0.2, 0) is 19.9 Å². The summed E-state index contributed by atoms with van der Waals surface area (Å²) < 4.78 is 2.10. The maximum absolute atomic E-state index is 4.63. The molecule has 3 heteroatoms. The first-order chi connectivity index (χ1) is 10.1. The van der Waals surface area contributed by atoms with Crippen molar-refractivity contribution in [3.05, 3.63) is 17.5 Å². The molecule has 1 aromatic rings. The molecule has 1 unspecified atom stereocenters. The van der Waals surface area contributed by atoms with Gasteiger partial charge >= 0.3 is 0 Å². The van der Waals surface area contributed by atoms with Gasteiger partial charge in [-0.2, -0.15) is 5.10 Å². The Balaban J connectivity index is 2.17. The molecule has 0 radical (unpaired) electrons. The van der Waals surface area contributed by atoms with Gasteiger partial charge in [-0.25, -0.2) is 0 Å². The molecule has 0 amide bonds. The number of aryl methyl sites for hydroxylation is 2. The number of hydrogen-bond donors (Lipinski definition) is 1. The van der Waals surface area contributed by atoms with Gasteiger partial charge in [0.1, 0.15) is 0 Å². The van der Waals surface area contributed by atoms with Crippen molar-refractivity contribution in [1.29, 1.82) is 0 Å². The molecule has 1 saturated carbocycles. The Hall–Kier alpha value is -0.830. The van der Waals surface area contributed by atoms with Crippen molar-refractivity contribution in [2.75, 3.05) is 6.54 Å². The Morgan fingerprint density at radius 1 is 1.29 bits per heavy atom. The molecule has 0 saturated heterocycles. The van der Waals surface area contributed by atoms with Crippen molar-refractivity contribution in [3.63, 3.8) is 0 Å². The van der Waals surface area contributed by atoms with E-state index in [1.807, 2.05) is 0 Å². The first-order valence-corrected chi connectivity index (χ1v) is 8.90. The molecule has 0 aromatic carbocycles. The molecule has 1 fully saturated rings. The van der Waals surface area contributed by atoms with Crippen LogP contribution in [-0.4, -0.2) is 22.4 Å². The van der Waals surface area contributed by atoms with Crippen LogP contribution in [0.15, 0.2) is 6.07 Å². The Morgan fingerprint density at radius 3 is 2.52 bits per heavy atom. The van der Waals surface area contributed by atoms with Gasteiger partial charge in [0.05, 0.1) is 5.69 Å². The summed E-state index contributed by atoms with van der Waals surface area (Å²) in [6, 6.07) is 2.91. The van der Waals surface area contributed by atoms with Crippen molar-refractivity contribution >= 4 is 0 Å². The minimum absolute atomic E-state index is 0.506. The molecule has 1 N–H and O–H groups in total. The molecular weight excluding hydrogens is 258 g/mol. The van der Waals surface area contributed by atoms with Gasteiger partial charge in [-0.05, 0) is 50.1 Å². The summed E-state index contributed by atoms with van der Waals surface area (Å²) in [5.41, 5.74) is 3.12. The quantitative estimate of drug-likeness (QED) is 0.788. The lowest BCUT2D eigenvalue weighted by Gasteiger charge is -2.38. The number of rotatable bonds is 8. The van der Waals surface area contributed by atoms with Crippen molar-refractivity contribution < 1.29 is 0 Å². The highest BCUT2D eigenvalue weighted by Gasteiger charge is 2.39. The first kappa shape index (κ1) is 16.5. The predicted octanol–water partition coefficient (Wildman–Crippen LogP) is 3.86. The molecule has 3 nitrogen and oxygen atoms in total. The maximum atomic E-state index is 4.63. The number of nitrogens with one attached hydrogen (secondary N) is 1. The van der Waals surface area contributed by atoms with E-state index >= 15 is 0 Å². The van der Waals surface area contributed by atoms with Crippen molar-refractivity contribution in [3.8, 4) is 0 Å². The van der Waals surface area contributed by atoms with Gasteiger partial charge in [0.25, 0.3) is 0 Å². The normalized spacial score (nSPS) is 19.0. The van der Waals surface area contributed by atoms with E-state index in [1.54, 1.807) is 0 Å². The Kier molecular flexibility index (Phi) is 5.86. The van der Waals surface area contributed by atoms with Crippen LogP contribution in [0.2, 0.25) is 0 Å². The van der Waals surface area contributed by atoms with Crippen molar-refractivity contribution in [1.82, 2.24) is 15.1 Å². The Morgan fingerprint density at radius 2 is 2.00 bits per heavy atom. The molecule has 2 rings (SSSR count). The van der Waals surface area contributed by atoms with Gasteiger partial charge in [0.15, 0.2) is 0 Å². The Bertz CT molecular complexity index is 430. The van der Waals surface area contributed by atoms with E-state index in [2.05, 4.69) is 49.0 Å². The molecule has 21 heavy (non-hydrogen) atoms. The van der Waals surface area contributed by atoms with E-state index < -0.39 is 0 Å². The summed E-state index contributed by atoms with van der Waals surface area (Å²) in [5, 5.41) is 8.49. The Labute approximate surface area is 130 Å². The molecule has 1 aliphatic carbocycles. The summed E-state index contributed by atoms with van der Waals surface area (Å²) in [7, 11) is 2.10. The van der Waals surface area contributed by atoms with Crippen LogP contribution in [0.4, 0.5) is 0 Å². The lowest BCUT2D eigenvalue weighted by atomic mass is 9.74. The first-order valence-electron chi connectivity index (χ1n) is 8.90. The highest BCUT2D eigenvalue weighted by molar-refractivity contribution is 5.13. The third kappa shape index (κ3) is 3.68. The number of aromatic nitrogens is 2. The third-order valence-corrected chi connectivity index (χ3v) is 5.49. The van der Waals surface area contributed by atoms with Crippen LogP contribution >= 0.6 is 0 Å². The summed E-state index contributed by atoms with van der Waals surface area (Å²) in [4.78, 5) is 0. The zero-order chi connectivity index (χ0) is 15.3. The zero-order valence-electron chi connectivity index (χ0n) is 14.4. The predicted molar refractivity (Wildman–Crippen MR) is 89.6 cm³/mol. The minimum atomic E-state index is 0.506. The molecule has 0 spiro atoms. The summed E-state index contributed by atoms with van der Waals surface area (Å²) in [6.45, 7) is 7.96. The van der Waals surface area contributed by atoms with E-state index in [-0.39, 0.29) is 0 Å². The van der Waals surface area contributed by atoms with Crippen molar-refractivity contribution in [2.45, 2.75) is 78.2 Å². The smallest absolute Gasteiger partial charge is 0.0624 e. The zero-order valence-corrected chi connectivity index (χ0v) is 14.4. The SMILES string of the molecule is CCCNC(Cc1cc(CC)nn1C)C1(CC)CCCC1. The van der Waals surface area contributed by atoms with Crippen LogP contribution in [0.5, 0.6) is 0 Å². The lowest BCUT2D eigenvalue weighted by molar-refractivity contribution is 0.182. The third-order valence-electron chi connectivity index (χ3n) is 5.49. The average Bonchev–Trinajstić information content (AvgIpc) is 3.11. The highest BCUT2D eigenvalue weighted by Crippen LogP contribution is 2.44.